The summed E-state index contributed by atoms with van der Waals surface area (Å²) in [4.78, 5) is 14.9. The van der Waals surface area contributed by atoms with Crippen molar-refractivity contribution in [3.63, 3.8) is 0 Å². The van der Waals surface area contributed by atoms with Crippen LogP contribution in [0.2, 0.25) is 0 Å². The molecule has 8 heteroatoms. The first-order valence-corrected chi connectivity index (χ1v) is 12.8. The second-order valence-corrected chi connectivity index (χ2v) is 9.25. The van der Waals surface area contributed by atoms with E-state index >= 15 is 0 Å². The molecule has 0 atom stereocenters. The van der Waals surface area contributed by atoms with E-state index in [1.807, 2.05) is 48.7 Å². The quantitative estimate of drug-likeness (QED) is 0.216. The van der Waals surface area contributed by atoms with Crippen molar-refractivity contribution in [2.24, 2.45) is 0 Å². The van der Waals surface area contributed by atoms with Crippen LogP contribution < -0.4 is 9.64 Å². The lowest BCUT2D eigenvalue weighted by molar-refractivity contribution is -0.116. The van der Waals surface area contributed by atoms with Gasteiger partial charge in [0, 0.05) is 18.3 Å². The van der Waals surface area contributed by atoms with E-state index in [0.29, 0.717) is 11.0 Å². The van der Waals surface area contributed by atoms with Crippen molar-refractivity contribution in [3.8, 4) is 5.75 Å². The molecule has 0 aliphatic heterocycles. The highest BCUT2D eigenvalue weighted by molar-refractivity contribution is 7.99. The third-order valence-corrected chi connectivity index (χ3v) is 6.32. The van der Waals surface area contributed by atoms with Gasteiger partial charge in [0.15, 0.2) is 22.5 Å². The van der Waals surface area contributed by atoms with Crippen molar-refractivity contribution < 1.29 is 13.9 Å². The molecule has 1 aromatic heterocycles. The number of carbonyl (C=O) groups is 1. The average molecular weight is 485 g/mol. The summed E-state index contributed by atoms with van der Waals surface area (Å²) in [7, 11) is 0. The molecule has 0 aliphatic carbocycles. The molecule has 0 N–H and O–H groups in total. The molecule has 0 fully saturated rings. The fourth-order valence-corrected chi connectivity index (χ4v) is 4.52. The predicted molar refractivity (Wildman–Crippen MR) is 135 cm³/mol. The van der Waals surface area contributed by atoms with Crippen molar-refractivity contribution in [2.75, 3.05) is 10.7 Å². The minimum absolute atomic E-state index is 0.0101. The maximum Gasteiger partial charge on any atom is 0.237 e. The summed E-state index contributed by atoms with van der Waals surface area (Å²) in [5.74, 6) is 0.651. The van der Waals surface area contributed by atoms with Crippen LogP contribution in [-0.2, 0) is 17.9 Å². The SMILES string of the molecule is CCCCCCn1c(COc2ccccc2F)nnc1SCC(=O)N(c1ccccc1)C(C)C. The summed E-state index contributed by atoms with van der Waals surface area (Å²) >= 11 is 1.37. The molecule has 1 amide bonds. The van der Waals surface area contributed by atoms with Crippen LogP contribution in [0.15, 0.2) is 59.8 Å². The lowest BCUT2D eigenvalue weighted by atomic mass is 10.2. The predicted octanol–water partition coefficient (Wildman–Crippen LogP) is 6.11. The molecule has 6 nitrogen and oxygen atoms in total. The van der Waals surface area contributed by atoms with Crippen LogP contribution in [-0.4, -0.2) is 32.5 Å². The van der Waals surface area contributed by atoms with Gasteiger partial charge in [0.2, 0.25) is 5.91 Å². The molecule has 0 spiro atoms. The third kappa shape index (κ3) is 7.06. The van der Waals surface area contributed by atoms with Gasteiger partial charge in [-0.1, -0.05) is 68.3 Å². The number of aromatic nitrogens is 3. The van der Waals surface area contributed by atoms with Gasteiger partial charge in [-0.15, -0.1) is 10.2 Å². The number of ether oxygens (including phenoxy) is 1. The van der Waals surface area contributed by atoms with E-state index in [1.165, 1.54) is 17.8 Å². The molecule has 0 aliphatic rings. The monoisotopic (exact) mass is 484 g/mol. The largest absolute Gasteiger partial charge is 0.483 e. The number of amides is 1. The first kappa shape index (κ1) is 25.7. The summed E-state index contributed by atoms with van der Waals surface area (Å²) in [5.41, 5.74) is 0.878. The Balaban J connectivity index is 1.71. The molecule has 2 aromatic carbocycles. The number of rotatable bonds is 13. The zero-order chi connectivity index (χ0) is 24.3. The number of benzene rings is 2. The van der Waals surface area contributed by atoms with Crippen LogP contribution in [0.4, 0.5) is 10.1 Å². The number of thioether (sulfide) groups is 1. The zero-order valence-corrected chi connectivity index (χ0v) is 20.9. The first-order chi connectivity index (χ1) is 16.5. The Kier molecular flexibility index (Phi) is 9.94. The molecular weight excluding hydrogens is 451 g/mol. The zero-order valence-electron chi connectivity index (χ0n) is 20.1. The number of halogens is 1. The first-order valence-electron chi connectivity index (χ1n) is 11.8. The van der Waals surface area contributed by atoms with E-state index in [0.717, 1.165) is 37.9 Å². The standard InChI is InChI=1S/C26H33FN4O2S/c1-4-5-6-12-17-30-24(18-33-23-16-11-10-15-22(23)27)28-29-26(30)34-19-25(32)31(20(2)3)21-13-8-7-9-14-21/h7-11,13-16,20H,4-6,12,17-19H2,1-3H3. The molecule has 3 rings (SSSR count). The van der Waals surface area contributed by atoms with E-state index in [9.17, 15) is 9.18 Å². The molecule has 0 radical (unpaired) electrons. The maximum atomic E-state index is 14.0. The van der Waals surface area contributed by atoms with E-state index in [4.69, 9.17) is 4.74 Å². The lowest BCUT2D eigenvalue weighted by Gasteiger charge is -2.26. The molecule has 34 heavy (non-hydrogen) atoms. The highest BCUT2D eigenvalue weighted by atomic mass is 32.2. The molecule has 0 bridgehead atoms. The van der Waals surface area contributed by atoms with Gasteiger partial charge < -0.3 is 14.2 Å². The highest BCUT2D eigenvalue weighted by Gasteiger charge is 2.21. The minimum atomic E-state index is -0.411. The van der Waals surface area contributed by atoms with Crippen molar-refractivity contribution in [3.05, 3.63) is 66.2 Å². The van der Waals surface area contributed by atoms with E-state index in [1.54, 1.807) is 23.1 Å². The van der Waals surface area contributed by atoms with Gasteiger partial charge in [0.1, 0.15) is 6.61 Å². The van der Waals surface area contributed by atoms with E-state index in [2.05, 4.69) is 17.1 Å². The Morgan fingerprint density at radius 1 is 1.06 bits per heavy atom. The number of hydrogen-bond donors (Lipinski definition) is 0. The topological polar surface area (TPSA) is 60.2 Å². The molecular formula is C26H33FN4O2S. The van der Waals surface area contributed by atoms with Crippen molar-refractivity contribution in [1.29, 1.82) is 0 Å². The van der Waals surface area contributed by atoms with Gasteiger partial charge in [-0.05, 0) is 44.5 Å². The van der Waals surface area contributed by atoms with Crippen molar-refractivity contribution in [1.82, 2.24) is 14.8 Å². The van der Waals surface area contributed by atoms with Crippen LogP contribution in [0, 0.1) is 5.82 Å². The Labute approximate surface area is 205 Å². The second kappa shape index (κ2) is 13.1. The van der Waals surface area contributed by atoms with Gasteiger partial charge in [-0.2, -0.15) is 0 Å². The summed E-state index contributed by atoms with van der Waals surface area (Å²) in [6.07, 6.45) is 4.37. The Morgan fingerprint density at radius 2 is 1.79 bits per heavy atom. The van der Waals surface area contributed by atoms with Gasteiger partial charge in [0.05, 0.1) is 5.75 Å². The molecule has 1 heterocycles. The third-order valence-electron chi connectivity index (χ3n) is 5.37. The van der Waals surface area contributed by atoms with Crippen LogP contribution in [0.1, 0.15) is 52.3 Å². The number of para-hydroxylation sites is 2. The van der Waals surface area contributed by atoms with Crippen molar-refractivity contribution >= 4 is 23.4 Å². The van der Waals surface area contributed by atoms with Crippen LogP contribution in [0.3, 0.4) is 0 Å². The summed E-state index contributed by atoms with van der Waals surface area (Å²) < 4.78 is 21.6. The fourth-order valence-electron chi connectivity index (χ4n) is 3.67. The van der Waals surface area contributed by atoms with E-state index in [-0.39, 0.29) is 30.1 Å². The van der Waals surface area contributed by atoms with Gasteiger partial charge in [-0.3, -0.25) is 4.79 Å². The molecule has 0 saturated carbocycles. The van der Waals surface area contributed by atoms with Crippen LogP contribution in [0.5, 0.6) is 5.75 Å². The number of nitrogens with zero attached hydrogens (tertiary/aromatic N) is 4. The van der Waals surface area contributed by atoms with Gasteiger partial charge >= 0.3 is 0 Å². The van der Waals surface area contributed by atoms with Crippen LogP contribution in [0.25, 0.3) is 0 Å². The highest BCUT2D eigenvalue weighted by Crippen LogP contribution is 2.24. The fraction of sp³-hybridized carbons (Fsp3) is 0.423. The molecule has 3 aromatic rings. The van der Waals surface area contributed by atoms with Gasteiger partial charge in [-0.25, -0.2) is 4.39 Å². The Bertz CT molecular complexity index is 1040. The number of hydrogen-bond acceptors (Lipinski definition) is 5. The smallest absolute Gasteiger partial charge is 0.237 e. The second-order valence-electron chi connectivity index (χ2n) is 8.31. The van der Waals surface area contributed by atoms with Crippen molar-refractivity contribution in [2.45, 2.75) is 70.8 Å². The summed E-state index contributed by atoms with van der Waals surface area (Å²) in [6.45, 7) is 7.02. The Hall–Kier alpha value is -2.87. The molecule has 182 valence electrons. The minimum Gasteiger partial charge on any atom is -0.483 e. The number of unbranched alkanes of at least 4 members (excludes halogenated alkanes) is 3. The average Bonchev–Trinajstić information content (AvgIpc) is 3.22. The van der Waals surface area contributed by atoms with E-state index < -0.39 is 5.82 Å². The summed E-state index contributed by atoms with van der Waals surface area (Å²) in [6, 6.07) is 16.0. The van der Waals surface area contributed by atoms with Gasteiger partial charge in [0.25, 0.3) is 0 Å². The number of carbonyl (C=O) groups excluding carboxylic acids is 1. The maximum absolute atomic E-state index is 14.0. The van der Waals surface area contributed by atoms with Crippen LogP contribution >= 0.6 is 11.8 Å². The summed E-state index contributed by atoms with van der Waals surface area (Å²) in [5, 5.41) is 9.30. The Morgan fingerprint density at radius 3 is 2.50 bits per heavy atom. The normalized spacial score (nSPS) is 11.1. The number of anilines is 1. The molecule has 0 saturated heterocycles. The lowest BCUT2D eigenvalue weighted by Crippen LogP contribution is -2.38. The molecule has 0 unspecified atom stereocenters.